The minimum absolute atomic E-state index is 0.0558. The van der Waals surface area contributed by atoms with Crippen LogP contribution in [-0.2, 0) is 0 Å². The van der Waals surface area contributed by atoms with Gasteiger partial charge in [-0.1, -0.05) is 23.4 Å². The first-order valence-electron chi connectivity index (χ1n) is 9.87. The second kappa shape index (κ2) is 11.1. The van der Waals surface area contributed by atoms with Gasteiger partial charge in [-0.3, -0.25) is 4.79 Å². The molecular weight excluding hydrogens is 440 g/mol. The minimum atomic E-state index is -0.0558. The Bertz CT molecular complexity index is 996. The summed E-state index contributed by atoms with van der Waals surface area (Å²) < 4.78 is 22.9. The lowest BCUT2D eigenvalue weighted by atomic mass is 10.1. The van der Waals surface area contributed by atoms with Gasteiger partial charge in [-0.2, -0.15) is 0 Å². The van der Waals surface area contributed by atoms with Crippen LogP contribution < -0.4 is 14.2 Å². The van der Waals surface area contributed by atoms with Crippen molar-refractivity contribution in [3.8, 4) is 28.7 Å². The summed E-state index contributed by atoms with van der Waals surface area (Å²) in [5.41, 5.74) is 1.21. The molecule has 0 bridgehead atoms. The maximum atomic E-state index is 12.3. The Morgan fingerprint density at radius 1 is 0.968 bits per heavy atom. The number of aromatic nitrogens is 2. The first-order chi connectivity index (χ1) is 15.0. The Labute approximate surface area is 190 Å². The first kappa shape index (κ1) is 23.0. The molecule has 0 saturated carbocycles. The fourth-order valence-electron chi connectivity index (χ4n) is 2.74. The molecule has 164 valence electrons. The lowest BCUT2D eigenvalue weighted by Crippen LogP contribution is -2.03. The van der Waals surface area contributed by atoms with Crippen molar-refractivity contribution in [3.63, 3.8) is 0 Å². The van der Waals surface area contributed by atoms with Crippen molar-refractivity contribution < 1.29 is 23.4 Å². The molecule has 1 aromatic heterocycles. The average Bonchev–Trinajstić information content (AvgIpc) is 3.24. The van der Waals surface area contributed by atoms with Gasteiger partial charge in [-0.25, -0.2) is 0 Å². The Balaban J connectivity index is 1.79. The second-order valence-corrected chi connectivity index (χ2v) is 7.56. The molecule has 0 radical (unpaired) electrons. The van der Waals surface area contributed by atoms with Gasteiger partial charge in [0.15, 0.2) is 17.3 Å². The van der Waals surface area contributed by atoms with Gasteiger partial charge in [0.2, 0.25) is 11.6 Å². The minimum Gasteiger partial charge on any atom is -0.490 e. The molecule has 0 N–H and O–H groups in total. The smallest absolute Gasteiger partial charge is 0.277 e. The predicted octanol–water partition coefficient (Wildman–Crippen LogP) is 5.56. The molecule has 0 fully saturated rings. The highest BCUT2D eigenvalue weighted by molar-refractivity contribution is 7.99. The first-order valence-corrected chi connectivity index (χ1v) is 11.2. The summed E-state index contributed by atoms with van der Waals surface area (Å²) in [5.74, 6) is 2.02. The van der Waals surface area contributed by atoms with Crippen molar-refractivity contribution in [3.05, 3.63) is 47.0 Å². The van der Waals surface area contributed by atoms with E-state index in [4.69, 9.17) is 30.2 Å². The van der Waals surface area contributed by atoms with Gasteiger partial charge in [0.1, 0.15) is 0 Å². The van der Waals surface area contributed by atoms with Crippen LogP contribution in [0, 0.1) is 0 Å². The van der Waals surface area contributed by atoms with E-state index in [1.165, 1.54) is 11.8 Å². The Morgan fingerprint density at radius 2 is 1.58 bits per heavy atom. The van der Waals surface area contributed by atoms with Crippen molar-refractivity contribution in [2.75, 3.05) is 25.6 Å². The zero-order valence-corrected chi connectivity index (χ0v) is 19.1. The summed E-state index contributed by atoms with van der Waals surface area (Å²) in [6, 6.07) is 10.3. The fourth-order valence-corrected chi connectivity index (χ4v) is 3.53. The largest absolute Gasteiger partial charge is 0.490 e. The van der Waals surface area contributed by atoms with Crippen LogP contribution in [0.3, 0.4) is 0 Å². The Hall–Kier alpha value is -2.71. The third kappa shape index (κ3) is 5.92. The topological polar surface area (TPSA) is 83.7 Å². The highest BCUT2D eigenvalue weighted by Gasteiger charge is 2.19. The Morgan fingerprint density at radius 3 is 2.16 bits per heavy atom. The zero-order chi connectivity index (χ0) is 22.2. The molecule has 0 spiro atoms. The summed E-state index contributed by atoms with van der Waals surface area (Å²) in [7, 11) is 0. The molecule has 0 saturated heterocycles. The number of halogens is 1. The molecule has 0 aliphatic heterocycles. The van der Waals surface area contributed by atoms with E-state index in [9.17, 15) is 4.79 Å². The predicted molar refractivity (Wildman–Crippen MR) is 120 cm³/mol. The normalized spacial score (nSPS) is 10.7. The van der Waals surface area contributed by atoms with Crippen molar-refractivity contribution >= 4 is 29.1 Å². The molecule has 0 aliphatic rings. The number of thioether (sulfide) groups is 1. The van der Waals surface area contributed by atoms with Crippen molar-refractivity contribution in [2.24, 2.45) is 0 Å². The summed E-state index contributed by atoms with van der Waals surface area (Å²) in [6.45, 7) is 7.08. The van der Waals surface area contributed by atoms with Crippen LogP contribution in [-0.4, -0.2) is 41.6 Å². The van der Waals surface area contributed by atoms with E-state index >= 15 is 0 Å². The van der Waals surface area contributed by atoms with Gasteiger partial charge in [0.25, 0.3) is 5.22 Å². The van der Waals surface area contributed by atoms with Crippen LogP contribution >= 0.6 is 23.4 Å². The van der Waals surface area contributed by atoms with Gasteiger partial charge >= 0.3 is 0 Å². The van der Waals surface area contributed by atoms with Gasteiger partial charge < -0.3 is 18.6 Å². The Kier molecular flexibility index (Phi) is 8.20. The molecule has 9 heteroatoms. The van der Waals surface area contributed by atoms with Crippen LogP contribution in [0.2, 0.25) is 5.02 Å². The van der Waals surface area contributed by atoms with Gasteiger partial charge in [-0.05, 0) is 57.2 Å². The van der Waals surface area contributed by atoms with E-state index in [-0.39, 0.29) is 11.5 Å². The third-order valence-corrected chi connectivity index (χ3v) is 5.13. The number of ether oxygens (including phenoxy) is 3. The number of nitrogens with zero attached hydrogens (tertiary/aromatic N) is 2. The van der Waals surface area contributed by atoms with Crippen LogP contribution in [0.5, 0.6) is 17.2 Å². The summed E-state index contributed by atoms with van der Waals surface area (Å²) in [5, 5.41) is 9.03. The maximum absolute atomic E-state index is 12.3. The van der Waals surface area contributed by atoms with Crippen LogP contribution in [0.25, 0.3) is 11.5 Å². The molecule has 3 aromatic rings. The van der Waals surface area contributed by atoms with Crippen molar-refractivity contribution in [1.29, 1.82) is 0 Å². The van der Waals surface area contributed by atoms with Crippen molar-refractivity contribution in [1.82, 2.24) is 10.2 Å². The van der Waals surface area contributed by atoms with Gasteiger partial charge in [-0.15, -0.1) is 10.2 Å². The fraction of sp³-hybridized carbons (Fsp3) is 0.318. The van der Waals surface area contributed by atoms with E-state index in [0.717, 1.165) is 0 Å². The quantitative estimate of drug-likeness (QED) is 0.270. The average molecular weight is 463 g/mol. The molecule has 0 aliphatic carbocycles. The zero-order valence-electron chi connectivity index (χ0n) is 17.5. The van der Waals surface area contributed by atoms with E-state index in [0.29, 0.717) is 64.3 Å². The van der Waals surface area contributed by atoms with Crippen LogP contribution in [0.1, 0.15) is 31.1 Å². The van der Waals surface area contributed by atoms with E-state index in [1.54, 1.807) is 36.4 Å². The molecule has 0 amide bonds. The van der Waals surface area contributed by atoms with Crippen LogP contribution in [0.15, 0.2) is 46.0 Å². The number of hydrogen-bond acceptors (Lipinski definition) is 8. The number of benzene rings is 2. The maximum Gasteiger partial charge on any atom is 0.277 e. The van der Waals surface area contributed by atoms with Crippen molar-refractivity contribution in [2.45, 2.75) is 26.0 Å². The molecule has 31 heavy (non-hydrogen) atoms. The number of carbonyl (C=O) groups is 1. The molecular formula is C22H23ClN2O5S. The summed E-state index contributed by atoms with van der Waals surface area (Å²) in [6.07, 6.45) is 0. The monoisotopic (exact) mass is 462 g/mol. The van der Waals surface area contributed by atoms with Gasteiger partial charge in [0.05, 0.1) is 25.6 Å². The van der Waals surface area contributed by atoms with Gasteiger partial charge in [0, 0.05) is 16.1 Å². The van der Waals surface area contributed by atoms with Crippen LogP contribution in [0.4, 0.5) is 0 Å². The number of ketones is 1. The molecule has 0 unspecified atom stereocenters. The number of hydrogen-bond donors (Lipinski definition) is 0. The summed E-state index contributed by atoms with van der Waals surface area (Å²) >= 11 is 7.04. The SMILES string of the molecule is CCOc1cc(-c2nnc(SCC(=O)c3ccc(Cl)cc3)o2)cc(OCC)c1OCC. The lowest BCUT2D eigenvalue weighted by molar-refractivity contribution is 0.102. The molecule has 7 nitrogen and oxygen atoms in total. The standard InChI is InChI=1S/C22H23ClN2O5S/c1-4-27-18-11-15(12-19(28-5-2)20(18)29-6-3)21-24-25-22(30-21)31-13-17(26)14-7-9-16(23)10-8-14/h7-12H,4-6,13H2,1-3H3. The van der Waals surface area contributed by atoms with E-state index < -0.39 is 0 Å². The highest BCUT2D eigenvalue weighted by Crippen LogP contribution is 2.42. The molecule has 0 atom stereocenters. The molecule has 2 aromatic carbocycles. The van der Waals surface area contributed by atoms with E-state index in [1.807, 2.05) is 20.8 Å². The third-order valence-electron chi connectivity index (χ3n) is 4.06. The number of rotatable bonds is 11. The molecule has 1 heterocycles. The lowest BCUT2D eigenvalue weighted by Gasteiger charge is -2.16. The summed E-state index contributed by atoms with van der Waals surface area (Å²) in [4.78, 5) is 12.3. The number of carbonyl (C=O) groups excluding carboxylic acids is 1. The highest BCUT2D eigenvalue weighted by atomic mass is 35.5. The number of Topliss-reactive ketones (excluding diaryl/α,β-unsaturated/α-hetero) is 1. The van der Waals surface area contributed by atoms with E-state index in [2.05, 4.69) is 10.2 Å². The second-order valence-electron chi connectivity index (χ2n) is 6.19. The molecule has 3 rings (SSSR count).